The molecule has 3 nitrogen and oxygen atoms in total. The first kappa shape index (κ1) is 15.9. The highest BCUT2D eigenvalue weighted by Crippen LogP contribution is 2.24. The molecule has 1 aliphatic rings. The summed E-state index contributed by atoms with van der Waals surface area (Å²) in [7, 11) is 0. The summed E-state index contributed by atoms with van der Waals surface area (Å²) < 4.78 is 0. The number of nitrogens with one attached hydrogen (secondary N) is 1. The van der Waals surface area contributed by atoms with Gasteiger partial charge in [0.25, 0.3) is 5.91 Å². The Morgan fingerprint density at radius 1 is 1.29 bits per heavy atom. The Morgan fingerprint density at radius 2 is 2.00 bits per heavy atom. The lowest BCUT2D eigenvalue weighted by Gasteiger charge is -2.32. The summed E-state index contributed by atoms with van der Waals surface area (Å²) in [6.45, 7) is 10.5. The monoisotopic (exact) mass is 288 g/mol. The van der Waals surface area contributed by atoms with Gasteiger partial charge in [0.15, 0.2) is 0 Å². The average molecular weight is 288 g/mol. The van der Waals surface area contributed by atoms with Gasteiger partial charge in [-0.15, -0.1) is 0 Å². The molecule has 1 heterocycles. The zero-order valence-corrected chi connectivity index (χ0v) is 13.8. The molecule has 21 heavy (non-hydrogen) atoms. The van der Waals surface area contributed by atoms with Gasteiger partial charge in [0, 0.05) is 30.4 Å². The molecule has 0 bridgehead atoms. The third-order valence-electron chi connectivity index (χ3n) is 4.27. The predicted molar refractivity (Wildman–Crippen MR) is 88.9 cm³/mol. The van der Waals surface area contributed by atoms with E-state index < -0.39 is 0 Å². The molecule has 0 saturated carbocycles. The molecular weight excluding hydrogens is 260 g/mol. The third kappa shape index (κ3) is 3.58. The molecule has 3 heteroatoms. The highest BCUT2D eigenvalue weighted by Gasteiger charge is 2.24. The van der Waals surface area contributed by atoms with Crippen LogP contribution in [0.25, 0.3) is 0 Å². The Bertz CT molecular complexity index is 492. The van der Waals surface area contributed by atoms with Crippen LogP contribution < -0.4 is 5.32 Å². The number of fused-ring (bicyclic) bond motifs is 1. The number of carbonyl (C=O) groups is 1. The van der Waals surface area contributed by atoms with Crippen molar-refractivity contribution in [2.45, 2.75) is 53.0 Å². The quantitative estimate of drug-likeness (QED) is 0.860. The van der Waals surface area contributed by atoms with E-state index in [1.807, 2.05) is 6.07 Å². The zero-order chi connectivity index (χ0) is 15.4. The number of anilines is 1. The van der Waals surface area contributed by atoms with Gasteiger partial charge >= 0.3 is 0 Å². The second-order valence-corrected chi connectivity index (χ2v) is 6.37. The van der Waals surface area contributed by atoms with Crippen molar-refractivity contribution in [3.05, 3.63) is 29.3 Å². The minimum Gasteiger partial charge on any atom is -0.384 e. The molecule has 0 fully saturated rings. The first-order chi connectivity index (χ1) is 10.1. The fraction of sp³-hybridized carbons (Fsp3) is 0.611. The predicted octanol–water partition coefficient (Wildman–Crippen LogP) is 3.94. The van der Waals surface area contributed by atoms with E-state index in [0.717, 1.165) is 37.9 Å². The molecule has 1 aliphatic heterocycles. The van der Waals surface area contributed by atoms with Gasteiger partial charge < -0.3 is 10.2 Å². The van der Waals surface area contributed by atoms with Gasteiger partial charge in [-0.2, -0.15) is 0 Å². The van der Waals surface area contributed by atoms with Gasteiger partial charge in [-0.05, 0) is 48.9 Å². The van der Waals surface area contributed by atoms with Crippen LogP contribution in [0, 0.1) is 5.92 Å². The Morgan fingerprint density at radius 3 is 2.62 bits per heavy atom. The molecule has 1 N–H and O–H groups in total. The van der Waals surface area contributed by atoms with Gasteiger partial charge in [0.05, 0.1) is 0 Å². The minimum atomic E-state index is 0.187. The molecule has 0 atom stereocenters. The molecule has 0 aliphatic carbocycles. The molecule has 2 rings (SSSR count). The Hall–Kier alpha value is -1.51. The van der Waals surface area contributed by atoms with Crippen LogP contribution in [0.4, 0.5) is 5.69 Å². The van der Waals surface area contributed by atoms with Crippen LogP contribution in [-0.4, -0.2) is 29.9 Å². The number of amides is 1. The number of nitrogens with zero attached hydrogens (tertiary/aromatic N) is 1. The van der Waals surface area contributed by atoms with Gasteiger partial charge in [0.1, 0.15) is 0 Å². The topological polar surface area (TPSA) is 32.3 Å². The highest BCUT2D eigenvalue weighted by atomic mass is 16.2. The second-order valence-electron chi connectivity index (χ2n) is 6.37. The summed E-state index contributed by atoms with van der Waals surface area (Å²) in [6, 6.07) is 6.43. The lowest BCUT2D eigenvalue weighted by Crippen LogP contribution is -2.42. The largest absolute Gasteiger partial charge is 0.384 e. The maximum atomic E-state index is 12.9. The second kappa shape index (κ2) is 6.97. The van der Waals surface area contributed by atoms with E-state index in [1.54, 1.807) is 0 Å². The van der Waals surface area contributed by atoms with Crippen LogP contribution >= 0.6 is 0 Å². The van der Waals surface area contributed by atoms with Crippen LogP contribution in [0.2, 0.25) is 0 Å². The van der Waals surface area contributed by atoms with Gasteiger partial charge in [-0.25, -0.2) is 0 Å². The molecule has 0 radical (unpaired) electrons. The van der Waals surface area contributed by atoms with E-state index in [4.69, 9.17) is 0 Å². The molecule has 0 spiro atoms. The minimum absolute atomic E-state index is 0.187. The van der Waals surface area contributed by atoms with E-state index in [9.17, 15) is 4.79 Å². The fourth-order valence-corrected chi connectivity index (χ4v) is 3.12. The van der Waals surface area contributed by atoms with Crippen molar-refractivity contribution in [2.75, 3.05) is 18.4 Å². The Labute approximate surface area is 128 Å². The highest BCUT2D eigenvalue weighted by molar-refractivity contribution is 5.95. The average Bonchev–Trinajstić information content (AvgIpc) is 2.93. The lowest BCUT2D eigenvalue weighted by atomic mass is 10.0. The smallest absolute Gasteiger partial charge is 0.254 e. The molecule has 0 saturated heterocycles. The van der Waals surface area contributed by atoms with Gasteiger partial charge in [-0.3, -0.25) is 4.79 Å². The SMILES string of the molecule is CCC(CC)N(CC(C)C)C(=O)c1ccc2c(c1)CCN2. The van der Waals surface area contributed by atoms with Crippen LogP contribution in [0.15, 0.2) is 18.2 Å². The fourth-order valence-electron chi connectivity index (χ4n) is 3.12. The van der Waals surface area contributed by atoms with Crippen molar-refractivity contribution in [1.82, 2.24) is 4.90 Å². The number of benzene rings is 1. The summed E-state index contributed by atoms with van der Waals surface area (Å²) in [5, 5.41) is 3.35. The summed E-state index contributed by atoms with van der Waals surface area (Å²) >= 11 is 0. The van der Waals surface area contributed by atoms with E-state index in [0.29, 0.717) is 12.0 Å². The van der Waals surface area contributed by atoms with Crippen LogP contribution in [-0.2, 0) is 6.42 Å². The standard InChI is InChI=1S/C18H28N2O/c1-5-16(6-2)20(12-13(3)4)18(21)15-7-8-17-14(11-15)9-10-19-17/h7-8,11,13,16,19H,5-6,9-10,12H2,1-4H3. The lowest BCUT2D eigenvalue weighted by molar-refractivity contribution is 0.0640. The first-order valence-corrected chi connectivity index (χ1v) is 8.24. The van der Waals surface area contributed by atoms with Crippen LogP contribution in [0.1, 0.15) is 56.5 Å². The normalized spacial score (nSPS) is 13.4. The van der Waals surface area contributed by atoms with E-state index in [1.165, 1.54) is 11.3 Å². The van der Waals surface area contributed by atoms with Crippen molar-refractivity contribution in [3.8, 4) is 0 Å². The number of hydrogen-bond donors (Lipinski definition) is 1. The molecular formula is C18H28N2O. The number of rotatable bonds is 6. The maximum absolute atomic E-state index is 12.9. The molecule has 1 aromatic rings. The van der Waals surface area contributed by atoms with E-state index in [-0.39, 0.29) is 5.91 Å². The Kier molecular flexibility index (Phi) is 5.27. The van der Waals surface area contributed by atoms with Crippen molar-refractivity contribution in [1.29, 1.82) is 0 Å². The van der Waals surface area contributed by atoms with E-state index in [2.05, 4.69) is 50.0 Å². The van der Waals surface area contributed by atoms with Crippen molar-refractivity contribution >= 4 is 11.6 Å². The van der Waals surface area contributed by atoms with Crippen LogP contribution in [0.3, 0.4) is 0 Å². The van der Waals surface area contributed by atoms with Gasteiger partial charge in [0.2, 0.25) is 0 Å². The number of carbonyl (C=O) groups excluding carboxylic acids is 1. The summed E-state index contributed by atoms with van der Waals surface area (Å²) in [5.41, 5.74) is 3.30. The molecule has 0 unspecified atom stereocenters. The first-order valence-electron chi connectivity index (χ1n) is 8.24. The van der Waals surface area contributed by atoms with E-state index >= 15 is 0 Å². The summed E-state index contributed by atoms with van der Waals surface area (Å²) in [6.07, 6.45) is 3.05. The summed E-state index contributed by atoms with van der Waals surface area (Å²) in [5.74, 6) is 0.678. The molecule has 1 amide bonds. The van der Waals surface area contributed by atoms with Crippen molar-refractivity contribution in [2.24, 2.45) is 5.92 Å². The third-order valence-corrected chi connectivity index (χ3v) is 4.27. The van der Waals surface area contributed by atoms with Crippen molar-refractivity contribution in [3.63, 3.8) is 0 Å². The molecule has 116 valence electrons. The summed E-state index contributed by atoms with van der Waals surface area (Å²) in [4.78, 5) is 15.0. The van der Waals surface area contributed by atoms with Gasteiger partial charge in [-0.1, -0.05) is 27.7 Å². The zero-order valence-electron chi connectivity index (χ0n) is 13.8. The molecule has 0 aromatic heterocycles. The van der Waals surface area contributed by atoms with Crippen LogP contribution in [0.5, 0.6) is 0 Å². The number of hydrogen-bond acceptors (Lipinski definition) is 2. The van der Waals surface area contributed by atoms with Crippen molar-refractivity contribution < 1.29 is 4.79 Å². The molecule has 1 aromatic carbocycles. The Balaban J connectivity index is 2.24. The maximum Gasteiger partial charge on any atom is 0.254 e.